The van der Waals surface area contributed by atoms with E-state index in [1.807, 2.05) is 0 Å². The van der Waals surface area contributed by atoms with Gasteiger partial charge in [-0.15, -0.1) is 0 Å². The molecule has 1 rings (SSSR count). The molecule has 114 valence electrons. The predicted octanol–water partition coefficient (Wildman–Crippen LogP) is -1.80. The van der Waals surface area contributed by atoms with Crippen LogP contribution in [0.5, 0.6) is 0 Å². The first-order chi connectivity index (χ1) is 9.02. The Bertz CT molecular complexity index is 379. The van der Waals surface area contributed by atoms with Gasteiger partial charge in [0.05, 0.1) is 11.5 Å². The van der Waals surface area contributed by atoms with Crippen LogP contribution >= 0.6 is 0 Å². The molecular formula is C14H21KO5S. The maximum absolute atomic E-state index is 10.4. The third-order valence-electron chi connectivity index (χ3n) is 2.11. The van der Waals surface area contributed by atoms with E-state index in [0.717, 1.165) is 6.07 Å². The van der Waals surface area contributed by atoms with Gasteiger partial charge in [-0.25, -0.2) is 4.79 Å². The summed E-state index contributed by atoms with van der Waals surface area (Å²) in [5.74, 6) is 0.262. The van der Waals surface area contributed by atoms with Crippen molar-refractivity contribution < 1.29 is 76.7 Å². The fourth-order valence-corrected chi connectivity index (χ4v) is 2.06. The van der Waals surface area contributed by atoms with Crippen LogP contribution in [0.3, 0.4) is 0 Å². The third-order valence-corrected chi connectivity index (χ3v) is 3.64. The molecule has 0 aliphatic heterocycles. The molecular weight excluding hydrogens is 319 g/mol. The number of hydrogen-bond acceptors (Lipinski definition) is 4. The molecule has 5 nitrogen and oxygen atoms in total. The number of carbonyl (C=O) groups excluding carboxylic acids is 1. The Labute approximate surface area is 172 Å². The summed E-state index contributed by atoms with van der Waals surface area (Å²) in [6.45, 7) is 4.48. The van der Waals surface area contributed by atoms with E-state index in [-0.39, 0.29) is 68.0 Å². The third kappa shape index (κ3) is 13.5. The summed E-state index contributed by atoms with van der Waals surface area (Å²) >= 11 is 1.64. The molecule has 0 bridgehead atoms. The Balaban J connectivity index is -0.000000317. The van der Waals surface area contributed by atoms with Crippen molar-refractivity contribution in [2.75, 3.05) is 11.5 Å². The summed E-state index contributed by atoms with van der Waals surface area (Å²) in [4.78, 5) is 20.6. The Morgan fingerprint density at radius 2 is 1.62 bits per heavy atom. The van der Waals surface area contributed by atoms with Crippen molar-refractivity contribution in [2.24, 2.45) is 0 Å². The van der Waals surface area contributed by atoms with Crippen LogP contribution in [0, 0.1) is 0 Å². The van der Waals surface area contributed by atoms with Crippen molar-refractivity contribution >= 4 is 23.7 Å². The van der Waals surface area contributed by atoms with Crippen LogP contribution in [0.4, 0.5) is 0 Å². The molecule has 0 radical (unpaired) electrons. The van der Waals surface area contributed by atoms with Gasteiger partial charge in [-0.3, -0.25) is 0 Å². The Morgan fingerprint density at radius 1 is 1.14 bits per heavy atom. The molecule has 21 heavy (non-hydrogen) atoms. The van der Waals surface area contributed by atoms with Gasteiger partial charge in [-0.05, 0) is 42.3 Å². The first-order valence-electron chi connectivity index (χ1n) is 6.20. The summed E-state index contributed by atoms with van der Waals surface area (Å²) in [6, 6.07) is 5.00. The van der Waals surface area contributed by atoms with Crippen LogP contribution < -0.4 is 56.5 Å². The Morgan fingerprint density at radius 3 is 2.00 bits per heavy atom. The number of benzene rings is 1. The van der Waals surface area contributed by atoms with Crippen molar-refractivity contribution in [3.8, 4) is 0 Å². The fraction of sp³-hybridized carbons (Fsp3) is 0.429. The van der Waals surface area contributed by atoms with Crippen LogP contribution in [-0.2, 0) is 11.8 Å². The van der Waals surface area contributed by atoms with E-state index in [9.17, 15) is 14.7 Å². The van der Waals surface area contributed by atoms with Gasteiger partial charge in [-0.1, -0.05) is 26.0 Å². The number of carboxylic acids is 2. The monoisotopic (exact) mass is 340 g/mol. The number of hydrogen-bond donors (Lipinski definition) is 1. The largest absolute Gasteiger partial charge is 1.00 e. The SMILES string of the molecule is CCC[SH+]CCC.O=C([O-])c1cccc(C(=O)O)c1.[K+].[OH-]. The number of carboxylic acid groups (broad SMARTS) is 2. The van der Waals surface area contributed by atoms with E-state index in [1.54, 1.807) is 11.8 Å². The van der Waals surface area contributed by atoms with Gasteiger partial charge in [0.25, 0.3) is 0 Å². The molecule has 0 fully saturated rings. The van der Waals surface area contributed by atoms with Crippen LogP contribution in [0.25, 0.3) is 0 Å². The van der Waals surface area contributed by atoms with E-state index in [2.05, 4.69) is 13.8 Å². The van der Waals surface area contributed by atoms with Gasteiger partial charge in [0.2, 0.25) is 0 Å². The molecule has 0 aliphatic rings. The molecule has 2 N–H and O–H groups in total. The van der Waals surface area contributed by atoms with Crippen LogP contribution in [0.1, 0.15) is 47.4 Å². The van der Waals surface area contributed by atoms with Crippen LogP contribution in [-0.4, -0.2) is 34.0 Å². The summed E-state index contributed by atoms with van der Waals surface area (Å²) < 4.78 is 0. The van der Waals surface area contributed by atoms with Gasteiger partial charge < -0.3 is 20.5 Å². The molecule has 0 aromatic heterocycles. The van der Waals surface area contributed by atoms with Crippen molar-refractivity contribution in [3.63, 3.8) is 0 Å². The first kappa shape index (κ1) is 26.0. The minimum Gasteiger partial charge on any atom is -0.870 e. The first-order valence-corrected chi connectivity index (χ1v) is 7.47. The summed E-state index contributed by atoms with van der Waals surface area (Å²) in [6.07, 6.45) is 2.70. The average Bonchev–Trinajstić information content (AvgIpc) is 2.40. The zero-order valence-corrected chi connectivity index (χ0v) is 16.7. The number of carbonyl (C=O) groups is 2. The smallest absolute Gasteiger partial charge is 0.870 e. The van der Waals surface area contributed by atoms with E-state index in [4.69, 9.17) is 5.11 Å². The molecule has 7 heteroatoms. The quantitative estimate of drug-likeness (QED) is 0.284. The molecule has 0 amide bonds. The maximum atomic E-state index is 10.4. The van der Waals surface area contributed by atoms with Crippen molar-refractivity contribution in [1.82, 2.24) is 0 Å². The number of rotatable bonds is 6. The molecule has 0 aliphatic carbocycles. The minimum absolute atomic E-state index is 0. The van der Waals surface area contributed by atoms with Gasteiger partial charge in [0.15, 0.2) is 0 Å². The van der Waals surface area contributed by atoms with E-state index in [0.29, 0.717) is 0 Å². The Kier molecular flexibility index (Phi) is 20.4. The minimum atomic E-state index is -1.38. The second-order valence-corrected chi connectivity index (χ2v) is 5.19. The molecule has 0 heterocycles. The summed E-state index contributed by atoms with van der Waals surface area (Å²) in [5.41, 5.74) is -0.188. The van der Waals surface area contributed by atoms with Crippen molar-refractivity contribution in [2.45, 2.75) is 26.7 Å². The topological polar surface area (TPSA) is 107 Å². The zero-order chi connectivity index (χ0) is 14.7. The molecule has 0 atom stereocenters. The van der Waals surface area contributed by atoms with Crippen LogP contribution in [0.15, 0.2) is 24.3 Å². The van der Waals surface area contributed by atoms with Crippen LogP contribution in [0.2, 0.25) is 0 Å². The second kappa shape index (κ2) is 16.5. The molecule has 1 aromatic rings. The zero-order valence-electron chi connectivity index (χ0n) is 12.7. The van der Waals surface area contributed by atoms with E-state index >= 15 is 0 Å². The van der Waals surface area contributed by atoms with E-state index in [1.165, 1.54) is 42.5 Å². The molecule has 1 aromatic carbocycles. The fourth-order valence-electron chi connectivity index (χ4n) is 1.21. The normalized spacial score (nSPS) is 8.48. The van der Waals surface area contributed by atoms with Gasteiger partial charge in [0, 0.05) is 0 Å². The second-order valence-electron chi connectivity index (χ2n) is 3.84. The van der Waals surface area contributed by atoms with Gasteiger partial charge in [-0.2, -0.15) is 0 Å². The van der Waals surface area contributed by atoms with Gasteiger partial charge in [0.1, 0.15) is 11.5 Å². The summed E-state index contributed by atoms with van der Waals surface area (Å²) in [5, 5.41) is 18.7. The number of thiol groups is 1. The predicted molar refractivity (Wildman–Crippen MR) is 78.7 cm³/mol. The maximum Gasteiger partial charge on any atom is 1.00 e. The van der Waals surface area contributed by atoms with E-state index < -0.39 is 11.9 Å². The van der Waals surface area contributed by atoms with Crippen molar-refractivity contribution in [3.05, 3.63) is 35.4 Å². The molecule has 0 saturated heterocycles. The molecule has 0 spiro atoms. The molecule has 0 unspecified atom stereocenters. The molecule has 0 saturated carbocycles. The summed E-state index contributed by atoms with van der Waals surface area (Å²) in [7, 11) is 0. The standard InChI is InChI=1S/C8H6O4.C6H14S.K.H2O/c9-7(10)5-2-1-3-6(4-5)8(11)12;1-3-5-7-6-4-2;;/h1-4H,(H,9,10)(H,11,12);3-6H2,1-2H3;;1H2/q;;+1;/p-1. The number of aromatic carboxylic acids is 2. The Hall–Kier alpha value is 0.106. The average molecular weight is 340 g/mol. The van der Waals surface area contributed by atoms with Crippen molar-refractivity contribution in [1.29, 1.82) is 0 Å². The van der Waals surface area contributed by atoms with Gasteiger partial charge >= 0.3 is 57.4 Å².